The molecule has 0 spiro atoms. The molecule has 1 radical (unpaired) electrons. The molecule has 0 aliphatic rings. The third-order valence-corrected chi connectivity index (χ3v) is 2.12. The highest BCUT2D eigenvalue weighted by Crippen LogP contribution is 2.21. The first-order valence-corrected chi connectivity index (χ1v) is 4.83. The van der Waals surface area contributed by atoms with Crippen LogP contribution < -0.4 is 5.32 Å². The van der Waals surface area contributed by atoms with Crippen LogP contribution in [-0.4, -0.2) is 24.2 Å². The summed E-state index contributed by atoms with van der Waals surface area (Å²) in [4.78, 5) is 10.6. The zero-order chi connectivity index (χ0) is 11.3. The van der Waals surface area contributed by atoms with Crippen molar-refractivity contribution < 1.29 is 15.0 Å². The summed E-state index contributed by atoms with van der Waals surface area (Å²) in [5.41, 5.74) is 0.647. The third kappa shape index (κ3) is 3.77. The van der Waals surface area contributed by atoms with E-state index in [-0.39, 0.29) is 5.75 Å². The van der Waals surface area contributed by atoms with Gasteiger partial charge < -0.3 is 10.4 Å². The fraction of sp³-hybridized carbons (Fsp3) is 0.300. The van der Waals surface area contributed by atoms with Gasteiger partial charge >= 0.3 is 0 Å². The van der Waals surface area contributed by atoms with Gasteiger partial charge in [0.1, 0.15) is 5.75 Å². The molecule has 0 saturated carbocycles. The minimum absolute atomic E-state index is 0.135. The molecule has 0 aliphatic carbocycles. The minimum Gasteiger partial charge on any atom is -0.508 e. The Morgan fingerprint density at radius 3 is 2.87 bits per heavy atom. The summed E-state index contributed by atoms with van der Waals surface area (Å²) in [5.74, 6) is -0.410. The molecule has 1 aromatic rings. The Balaban J connectivity index is 2.50. The van der Waals surface area contributed by atoms with Crippen LogP contribution in [0.15, 0.2) is 18.2 Å². The maximum absolute atomic E-state index is 10.6. The average molecular weight is 229 g/mol. The van der Waals surface area contributed by atoms with Crippen LogP contribution in [-0.2, 0) is 16.3 Å². The van der Waals surface area contributed by atoms with Crippen molar-refractivity contribution in [3.8, 4) is 5.75 Å². The molecular weight excluding hydrogens is 218 g/mol. The number of aromatic hydroxyl groups is 1. The van der Waals surface area contributed by atoms with E-state index >= 15 is 0 Å². The molecule has 0 heterocycles. The third-order valence-electron chi connectivity index (χ3n) is 1.89. The maximum Gasteiger partial charge on any atom is 0.249 e. The average Bonchev–Trinajstić information content (AvgIpc) is 2.23. The molecule has 1 aromatic carbocycles. The fourth-order valence-corrected chi connectivity index (χ4v) is 1.34. The van der Waals surface area contributed by atoms with E-state index in [0.29, 0.717) is 23.6 Å². The van der Waals surface area contributed by atoms with Crippen molar-refractivity contribution in [2.24, 2.45) is 0 Å². The first-order valence-electron chi connectivity index (χ1n) is 4.45. The molecule has 4 nitrogen and oxygen atoms in total. The van der Waals surface area contributed by atoms with Crippen molar-refractivity contribution in [2.75, 3.05) is 13.2 Å². The largest absolute Gasteiger partial charge is 0.508 e. The number of phenolic OH excluding ortho intramolecular Hbond substituents is 1. The van der Waals surface area contributed by atoms with Gasteiger partial charge in [0.2, 0.25) is 5.91 Å². The van der Waals surface area contributed by atoms with Crippen LogP contribution in [0.2, 0.25) is 5.02 Å². The molecule has 0 saturated heterocycles. The van der Waals surface area contributed by atoms with Crippen LogP contribution in [0.4, 0.5) is 0 Å². The zero-order valence-electron chi connectivity index (χ0n) is 8.00. The Kier molecular flexibility index (Phi) is 4.39. The smallest absolute Gasteiger partial charge is 0.249 e. The highest BCUT2D eigenvalue weighted by atomic mass is 35.5. The van der Waals surface area contributed by atoms with Crippen LogP contribution in [0.25, 0.3) is 0 Å². The van der Waals surface area contributed by atoms with Crippen LogP contribution >= 0.6 is 11.6 Å². The van der Waals surface area contributed by atoms with E-state index in [0.717, 1.165) is 0 Å². The molecule has 0 aromatic heterocycles. The summed E-state index contributed by atoms with van der Waals surface area (Å²) < 4.78 is 0. The number of amides is 1. The first kappa shape index (κ1) is 11.8. The van der Waals surface area contributed by atoms with Crippen LogP contribution in [0.1, 0.15) is 5.56 Å². The molecule has 5 heteroatoms. The Morgan fingerprint density at radius 1 is 1.47 bits per heavy atom. The van der Waals surface area contributed by atoms with E-state index in [1.165, 1.54) is 6.07 Å². The number of carbonyl (C=O) groups is 1. The van der Waals surface area contributed by atoms with Gasteiger partial charge in [0.05, 0.1) is 0 Å². The van der Waals surface area contributed by atoms with Gasteiger partial charge in [0.25, 0.3) is 0 Å². The molecule has 0 atom stereocenters. The minimum atomic E-state index is -0.776. The van der Waals surface area contributed by atoms with Gasteiger partial charge in [-0.1, -0.05) is 11.6 Å². The number of nitrogens with one attached hydrogen (secondary N) is 1. The Hall–Kier alpha value is -1.26. The quantitative estimate of drug-likeness (QED) is 0.811. The lowest BCUT2D eigenvalue weighted by atomic mass is 10.1. The lowest BCUT2D eigenvalue weighted by molar-refractivity contribution is -0.125. The number of halogens is 1. The lowest BCUT2D eigenvalue weighted by Crippen LogP contribution is -2.27. The molecule has 0 fully saturated rings. The van der Waals surface area contributed by atoms with Crippen molar-refractivity contribution in [3.63, 3.8) is 0 Å². The molecule has 2 N–H and O–H groups in total. The molecule has 0 aliphatic heterocycles. The topological polar surface area (TPSA) is 69.2 Å². The number of rotatable bonds is 4. The Morgan fingerprint density at radius 2 is 2.20 bits per heavy atom. The number of carbonyl (C=O) groups excluding carboxylic acids is 1. The molecule has 0 unspecified atom stereocenters. The number of benzene rings is 1. The summed E-state index contributed by atoms with van der Waals surface area (Å²) in [6, 6.07) is 4.70. The number of hydrogen-bond donors (Lipinski definition) is 2. The molecule has 0 bridgehead atoms. The molecular formula is C10H11ClNO3. The van der Waals surface area contributed by atoms with Gasteiger partial charge in [-0.05, 0) is 30.2 Å². The second-order valence-corrected chi connectivity index (χ2v) is 3.45. The summed E-state index contributed by atoms with van der Waals surface area (Å²) in [5, 5.41) is 22.5. The summed E-state index contributed by atoms with van der Waals surface area (Å²) in [7, 11) is 0. The van der Waals surface area contributed by atoms with Crippen molar-refractivity contribution in [1.82, 2.24) is 5.32 Å². The Labute approximate surface area is 92.5 Å². The summed E-state index contributed by atoms with van der Waals surface area (Å²) >= 11 is 5.74. The van der Waals surface area contributed by atoms with Crippen molar-refractivity contribution in [3.05, 3.63) is 28.8 Å². The predicted molar refractivity (Wildman–Crippen MR) is 55.4 cm³/mol. The SMILES string of the molecule is [O]CC(=O)NCCc1cc(Cl)ccc1O. The van der Waals surface area contributed by atoms with E-state index in [2.05, 4.69) is 5.32 Å². The van der Waals surface area contributed by atoms with Gasteiger partial charge in [-0.25, -0.2) is 5.11 Å². The molecule has 15 heavy (non-hydrogen) atoms. The van der Waals surface area contributed by atoms with Gasteiger partial charge in [0, 0.05) is 11.6 Å². The molecule has 1 rings (SSSR count). The lowest BCUT2D eigenvalue weighted by Gasteiger charge is -2.05. The Bertz CT molecular complexity index is 355. The highest BCUT2D eigenvalue weighted by Gasteiger charge is 2.03. The van der Waals surface area contributed by atoms with Gasteiger partial charge in [-0.15, -0.1) is 0 Å². The second-order valence-electron chi connectivity index (χ2n) is 3.02. The van der Waals surface area contributed by atoms with Gasteiger partial charge in [0.15, 0.2) is 6.61 Å². The first-order chi connectivity index (χ1) is 7.13. The second kappa shape index (κ2) is 5.58. The van der Waals surface area contributed by atoms with Crippen LogP contribution in [0, 0.1) is 0 Å². The van der Waals surface area contributed by atoms with Crippen molar-refractivity contribution in [2.45, 2.75) is 6.42 Å². The fourth-order valence-electron chi connectivity index (χ4n) is 1.14. The van der Waals surface area contributed by atoms with E-state index in [1.54, 1.807) is 12.1 Å². The van der Waals surface area contributed by atoms with E-state index in [1.807, 2.05) is 0 Å². The van der Waals surface area contributed by atoms with E-state index in [9.17, 15) is 15.0 Å². The van der Waals surface area contributed by atoms with E-state index < -0.39 is 12.5 Å². The zero-order valence-corrected chi connectivity index (χ0v) is 8.75. The van der Waals surface area contributed by atoms with Gasteiger partial charge in [-0.3, -0.25) is 4.79 Å². The summed E-state index contributed by atoms with van der Waals surface area (Å²) in [6.07, 6.45) is 0.443. The van der Waals surface area contributed by atoms with Crippen molar-refractivity contribution >= 4 is 17.5 Å². The molecule has 1 amide bonds. The number of hydrogen-bond acceptors (Lipinski definition) is 2. The summed E-state index contributed by atoms with van der Waals surface area (Å²) in [6.45, 7) is -0.462. The highest BCUT2D eigenvalue weighted by molar-refractivity contribution is 6.30. The maximum atomic E-state index is 10.6. The predicted octanol–water partition coefficient (Wildman–Crippen LogP) is 1.13. The monoisotopic (exact) mass is 228 g/mol. The van der Waals surface area contributed by atoms with Gasteiger partial charge in [-0.2, -0.15) is 0 Å². The van der Waals surface area contributed by atoms with Crippen molar-refractivity contribution in [1.29, 1.82) is 0 Å². The van der Waals surface area contributed by atoms with E-state index in [4.69, 9.17) is 11.6 Å². The normalized spacial score (nSPS) is 10.0. The number of phenols is 1. The van der Waals surface area contributed by atoms with Crippen LogP contribution in [0.5, 0.6) is 5.75 Å². The van der Waals surface area contributed by atoms with Crippen LogP contribution in [0.3, 0.4) is 0 Å². The molecule has 81 valence electrons. The standard InChI is InChI=1S/C10H11ClNO3/c11-8-1-2-9(14)7(5-8)3-4-12-10(15)6-13/h1-2,5,14H,3-4,6H2,(H,12,15).